The maximum absolute atomic E-state index is 13.6. The fraction of sp³-hybridized carbons (Fsp3) is 0.500. The van der Waals surface area contributed by atoms with Crippen molar-refractivity contribution in [2.75, 3.05) is 5.32 Å². The zero-order valence-corrected chi connectivity index (χ0v) is 20.0. The van der Waals surface area contributed by atoms with Gasteiger partial charge in [0.05, 0.1) is 22.9 Å². The first-order valence-electron chi connectivity index (χ1n) is 11.7. The standard InChI is InChI=1S/C26H33FN4O2/c1-15(2)17-6-8-19(9-7-17)31-14-18-12-24(20(26(4,5)33)13-23(18)30-31)29-25(32)22-11-10-21(27)16(3)28-22/h10-15,17,19,33H,6-9H2,1-5H3,(H,29,32). The Hall–Kier alpha value is -2.80. The molecule has 0 radical (unpaired) electrons. The molecular weight excluding hydrogens is 419 g/mol. The third-order valence-corrected chi connectivity index (χ3v) is 6.88. The summed E-state index contributed by atoms with van der Waals surface area (Å²) in [6.45, 7) is 9.46. The number of nitrogens with one attached hydrogen (secondary N) is 1. The highest BCUT2D eigenvalue weighted by atomic mass is 19.1. The first kappa shape index (κ1) is 23.4. The van der Waals surface area contributed by atoms with Gasteiger partial charge in [-0.15, -0.1) is 0 Å². The summed E-state index contributed by atoms with van der Waals surface area (Å²) in [4.78, 5) is 16.9. The zero-order valence-electron chi connectivity index (χ0n) is 20.0. The van der Waals surface area contributed by atoms with E-state index in [2.05, 4.69) is 24.1 Å². The van der Waals surface area contributed by atoms with E-state index < -0.39 is 17.3 Å². The smallest absolute Gasteiger partial charge is 0.274 e. The second-order valence-electron chi connectivity index (χ2n) is 10.2. The number of carbonyl (C=O) groups excluding carboxylic acids is 1. The number of aliphatic hydroxyl groups is 1. The molecule has 3 aromatic rings. The van der Waals surface area contributed by atoms with E-state index in [1.165, 1.54) is 31.9 Å². The van der Waals surface area contributed by atoms with Crippen LogP contribution in [-0.2, 0) is 5.60 Å². The van der Waals surface area contributed by atoms with Crippen molar-refractivity contribution in [3.63, 3.8) is 0 Å². The van der Waals surface area contributed by atoms with Gasteiger partial charge in [-0.1, -0.05) is 13.8 Å². The number of anilines is 1. The summed E-state index contributed by atoms with van der Waals surface area (Å²) in [5.41, 5.74) is 0.930. The Bertz CT molecular complexity index is 1170. The highest BCUT2D eigenvalue weighted by Gasteiger charge is 2.27. The van der Waals surface area contributed by atoms with Crippen LogP contribution in [0.5, 0.6) is 0 Å². The SMILES string of the molecule is Cc1nc(C(=O)Nc2cc3cn(C4CCC(C(C)C)CC4)nc3cc2C(C)(C)O)ccc1F. The van der Waals surface area contributed by atoms with Crippen LogP contribution in [0.1, 0.15) is 81.2 Å². The van der Waals surface area contributed by atoms with E-state index in [1.807, 2.05) is 23.0 Å². The molecule has 0 atom stereocenters. The van der Waals surface area contributed by atoms with Crippen molar-refractivity contribution >= 4 is 22.5 Å². The molecule has 0 bridgehead atoms. The van der Waals surface area contributed by atoms with Crippen molar-refractivity contribution in [1.82, 2.24) is 14.8 Å². The van der Waals surface area contributed by atoms with Crippen LogP contribution in [0.25, 0.3) is 10.9 Å². The fourth-order valence-electron chi connectivity index (χ4n) is 4.78. The summed E-state index contributed by atoms with van der Waals surface area (Å²) in [7, 11) is 0. The second kappa shape index (κ2) is 8.86. The van der Waals surface area contributed by atoms with Crippen molar-refractivity contribution in [3.8, 4) is 0 Å². The highest BCUT2D eigenvalue weighted by molar-refractivity contribution is 6.04. The number of pyridine rings is 1. The van der Waals surface area contributed by atoms with Crippen LogP contribution in [0.4, 0.5) is 10.1 Å². The van der Waals surface area contributed by atoms with Crippen molar-refractivity contribution in [2.45, 2.75) is 71.9 Å². The first-order chi connectivity index (χ1) is 15.5. The summed E-state index contributed by atoms with van der Waals surface area (Å²) >= 11 is 0. The van der Waals surface area contributed by atoms with Crippen LogP contribution in [-0.4, -0.2) is 25.8 Å². The molecule has 33 heavy (non-hydrogen) atoms. The van der Waals surface area contributed by atoms with Gasteiger partial charge in [0.25, 0.3) is 5.91 Å². The van der Waals surface area contributed by atoms with Gasteiger partial charge in [-0.3, -0.25) is 9.48 Å². The lowest BCUT2D eigenvalue weighted by Gasteiger charge is -2.30. The number of carbonyl (C=O) groups is 1. The molecule has 1 aliphatic rings. The number of hydrogen-bond donors (Lipinski definition) is 2. The Morgan fingerprint density at radius 3 is 2.52 bits per heavy atom. The van der Waals surface area contributed by atoms with Crippen molar-refractivity contribution < 1.29 is 14.3 Å². The third-order valence-electron chi connectivity index (χ3n) is 6.88. The number of benzene rings is 1. The van der Waals surface area contributed by atoms with E-state index in [0.717, 1.165) is 29.7 Å². The normalized spacial score (nSPS) is 19.3. The maximum atomic E-state index is 13.6. The minimum Gasteiger partial charge on any atom is -0.386 e. The molecule has 0 aliphatic heterocycles. The van der Waals surface area contributed by atoms with Crippen LogP contribution >= 0.6 is 0 Å². The van der Waals surface area contributed by atoms with Crippen LogP contribution in [0.2, 0.25) is 0 Å². The van der Waals surface area contributed by atoms with Gasteiger partial charge in [0.15, 0.2) is 0 Å². The van der Waals surface area contributed by atoms with Gasteiger partial charge in [0.2, 0.25) is 0 Å². The lowest BCUT2D eigenvalue weighted by atomic mass is 9.80. The number of aromatic nitrogens is 3. The molecule has 1 aliphatic carbocycles. The number of fused-ring (bicyclic) bond motifs is 1. The van der Waals surface area contributed by atoms with Gasteiger partial charge < -0.3 is 10.4 Å². The maximum Gasteiger partial charge on any atom is 0.274 e. The predicted molar refractivity (Wildman–Crippen MR) is 128 cm³/mol. The average Bonchev–Trinajstić information content (AvgIpc) is 3.17. The summed E-state index contributed by atoms with van der Waals surface area (Å²) in [5.74, 6) is 0.573. The Morgan fingerprint density at radius 1 is 1.21 bits per heavy atom. The molecule has 2 heterocycles. The molecule has 6 nitrogen and oxygen atoms in total. The lowest BCUT2D eigenvalue weighted by molar-refractivity contribution is 0.0793. The second-order valence-corrected chi connectivity index (χ2v) is 10.2. The molecule has 176 valence electrons. The van der Waals surface area contributed by atoms with E-state index >= 15 is 0 Å². The molecule has 1 fully saturated rings. The largest absolute Gasteiger partial charge is 0.386 e. The van der Waals surface area contributed by atoms with Gasteiger partial charge in [-0.05, 0) is 82.6 Å². The first-order valence-corrected chi connectivity index (χ1v) is 11.7. The number of hydrogen-bond acceptors (Lipinski definition) is 4. The van der Waals surface area contributed by atoms with E-state index in [0.29, 0.717) is 23.2 Å². The van der Waals surface area contributed by atoms with E-state index in [4.69, 9.17) is 5.10 Å². The molecule has 7 heteroatoms. The van der Waals surface area contributed by atoms with E-state index in [9.17, 15) is 14.3 Å². The summed E-state index contributed by atoms with van der Waals surface area (Å²) in [6.07, 6.45) is 6.65. The van der Waals surface area contributed by atoms with Crippen molar-refractivity contribution in [1.29, 1.82) is 0 Å². The summed E-state index contributed by atoms with van der Waals surface area (Å²) < 4.78 is 15.6. The van der Waals surface area contributed by atoms with Gasteiger partial charge in [-0.2, -0.15) is 5.10 Å². The Morgan fingerprint density at radius 2 is 1.91 bits per heavy atom. The molecule has 0 spiro atoms. The fourth-order valence-corrected chi connectivity index (χ4v) is 4.78. The van der Waals surface area contributed by atoms with Crippen molar-refractivity contribution in [3.05, 3.63) is 53.2 Å². The van der Waals surface area contributed by atoms with E-state index in [1.54, 1.807) is 13.8 Å². The minimum atomic E-state index is -1.19. The number of halogens is 1. The number of amides is 1. The van der Waals surface area contributed by atoms with Gasteiger partial charge >= 0.3 is 0 Å². The molecule has 1 amide bonds. The zero-order chi connectivity index (χ0) is 23.9. The lowest BCUT2D eigenvalue weighted by Crippen LogP contribution is -2.21. The topological polar surface area (TPSA) is 80.0 Å². The molecule has 1 aromatic carbocycles. The van der Waals surface area contributed by atoms with Crippen LogP contribution in [0.15, 0.2) is 30.5 Å². The van der Waals surface area contributed by atoms with Gasteiger partial charge in [0, 0.05) is 22.8 Å². The molecule has 1 saturated carbocycles. The number of nitrogens with zero attached hydrogens (tertiary/aromatic N) is 3. The van der Waals surface area contributed by atoms with Crippen LogP contribution in [0.3, 0.4) is 0 Å². The highest BCUT2D eigenvalue weighted by Crippen LogP contribution is 2.37. The molecule has 2 aromatic heterocycles. The van der Waals surface area contributed by atoms with Crippen LogP contribution < -0.4 is 5.32 Å². The number of rotatable bonds is 5. The van der Waals surface area contributed by atoms with Crippen molar-refractivity contribution in [2.24, 2.45) is 11.8 Å². The van der Waals surface area contributed by atoms with Crippen LogP contribution in [0, 0.1) is 24.6 Å². The Balaban J connectivity index is 1.64. The molecule has 2 N–H and O–H groups in total. The molecular formula is C26H33FN4O2. The van der Waals surface area contributed by atoms with Gasteiger partial charge in [-0.25, -0.2) is 9.37 Å². The molecule has 0 unspecified atom stereocenters. The molecule has 0 saturated heterocycles. The Kier molecular flexibility index (Phi) is 6.27. The third kappa shape index (κ3) is 4.93. The summed E-state index contributed by atoms with van der Waals surface area (Å²) in [6, 6.07) is 6.63. The number of aryl methyl sites for hydroxylation is 1. The molecule has 4 rings (SSSR count). The monoisotopic (exact) mass is 452 g/mol. The average molecular weight is 453 g/mol. The Labute approximate surface area is 194 Å². The summed E-state index contributed by atoms with van der Waals surface area (Å²) in [5, 5.41) is 19.4. The van der Waals surface area contributed by atoms with Gasteiger partial charge in [0.1, 0.15) is 11.5 Å². The predicted octanol–water partition coefficient (Wildman–Crippen LogP) is 5.75. The van der Waals surface area contributed by atoms with E-state index in [-0.39, 0.29) is 11.4 Å². The quantitative estimate of drug-likeness (QED) is 0.517. The minimum absolute atomic E-state index is 0.119.